The highest BCUT2D eigenvalue weighted by molar-refractivity contribution is 6.05. The highest BCUT2D eigenvalue weighted by atomic mass is 19.1. The average Bonchev–Trinajstić information content (AvgIpc) is 3.35. The number of carbonyl (C=O) groups is 1. The number of ether oxygens (including phenoxy) is 1. The van der Waals surface area contributed by atoms with Crippen LogP contribution in [0.5, 0.6) is 5.75 Å². The number of aryl methyl sites for hydroxylation is 1. The zero-order valence-electron chi connectivity index (χ0n) is 20.7. The van der Waals surface area contributed by atoms with Gasteiger partial charge in [-0.25, -0.2) is 9.40 Å². The van der Waals surface area contributed by atoms with Gasteiger partial charge in [0.25, 0.3) is 5.91 Å². The van der Waals surface area contributed by atoms with Crippen LogP contribution in [0.25, 0.3) is 0 Å². The molecular weight excluding hydrogens is 455 g/mol. The lowest BCUT2D eigenvalue weighted by Crippen LogP contribution is -2.49. The summed E-state index contributed by atoms with van der Waals surface area (Å²) in [4.78, 5) is 17.7. The first-order valence-corrected chi connectivity index (χ1v) is 12.3. The number of benzene rings is 3. The zero-order valence-corrected chi connectivity index (χ0v) is 20.7. The molecule has 1 atom stereocenters. The number of nitrogens with zero attached hydrogens (tertiary/aromatic N) is 4. The number of rotatable bonds is 6. The number of halogens is 1. The maximum absolute atomic E-state index is 14.2. The van der Waals surface area contributed by atoms with E-state index >= 15 is 0 Å². The van der Waals surface area contributed by atoms with E-state index in [1.807, 2.05) is 35.2 Å². The molecule has 3 aromatic carbocycles. The van der Waals surface area contributed by atoms with Gasteiger partial charge in [0.15, 0.2) is 0 Å². The summed E-state index contributed by atoms with van der Waals surface area (Å²) in [5.74, 6) is 0.500. The normalized spacial score (nSPS) is 18.3. The molecule has 1 fully saturated rings. The molecule has 1 saturated heterocycles. The molecular formula is C29H31FN4O2. The Morgan fingerprint density at radius 2 is 1.67 bits per heavy atom. The number of hydrogen-bond acceptors (Lipinski definition) is 5. The molecule has 0 aromatic heterocycles. The van der Waals surface area contributed by atoms with Crippen LogP contribution in [0, 0.1) is 12.7 Å². The van der Waals surface area contributed by atoms with Crippen molar-refractivity contribution in [1.82, 2.24) is 9.91 Å². The third-order valence-electron chi connectivity index (χ3n) is 6.97. The van der Waals surface area contributed by atoms with Gasteiger partial charge in [-0.15, -0.1) is 0 Å². The van der Waals surface area contributed by atoms with Crippen molar-refractivity contribution in [3.05, 3.63) is 95.3 Å². The monoisotopic (exact) mass is 486 g/mol. The standard InChI is InChI=1S/C29H31FN4O2/c1-21-11-13-22(14-12-21)27-19-25(23-7-3-6-10-28(23)36-2)31-34(27)29(35)20-32-15-17-33(18-16-32)26-9-5-4-8-24(26)30/h3-14,27H,15-20H2,1-2H3. The van der Waals surface area contributed by atoms with Crippen LogP contribution in [-0.2, 0) is 4.79 Å². The number of methoxy groups -OCH3 is 1. The summed E-state index contributed by atoms with van der Waals surface area (Å²) < 4.78 is 19.8. The van der Waals surface area contributed by atoms with E-state index in [0.29, 0.717) is 38.3 Å². The van der Waals surface area contributed by atoms with Crippen LogP contribution in [0.1, 0.15) is 29.2 Å². The van der Waals surface area contributed by atoms with Crippen LogP contribution in [-0.4, -0.2) is 61.4 Å². The third-order valence-corrected chi connectivity index (χ3v) is 6.97. The molecule has 6 nitrogen and oxygen atoms in total. The first-order valence-electron chi connectivity index (χ1n) is 12.3. The van der Waals surface area contributed by atoms with E-state index in [9.17, 15) is 9.18 Å². The van der Waals surface area contributed by atoms with Gasteiger partial charge in [0, 0.05) is 38.2 Å². The zero-order chi connectivity index (χ0) is 25.1. The Kier molecular flexibility index (Phi) is 7.00. The minimum Gasteiger partial charge on any atom is -0.496 e. The number of amides is 1. The summed E-state index contributed by atoms with van der Waals surface area (Å²) in [5.41, 5.74) is 4.61. The summed E-state index contributed by atoms with van der Waals surface area (Å²) in [6.45, 7) is 5.05. The lowest BCUT2D eigenvalue weighted by Gasteiger charge is -2.36. The first-order chi connectivity index (χ1) is 17.5. The fraction of sp³-hybridized carbons (Fsp3) is 0.310. The van der Waals surface area contributed by atoms with Gasteiger partial charge in [0.1, 0.15) is 11.6 Å². The van der Waals surface area contributed by atoms with Crippen molar-refractivity contribution in [2.45, 2.75) is 19.4 Å². The maximum Gasteiger partial charge on any atom is 0.257 e. The maximum atomic E-state index is 14.2. The van der Waals surface area contributed by atoms with Crippen molar-refractivity contribution in [3.8, 4) is 5.75 Å². The van der Waals surface area contributed by atoms with E-state index < -0.39 is 0 Å². The Hall–Kier alpha value is -3.71. The van der Waals surface area contributed by atoms with Crippen molar-refractivity contribution in [3.63, 3.8) is 0 Å². The van der Waals surface area contributed by atoms with E-state index in [1.54, 1.807) is 24.3 Å². The molecule has 2 aliphatic rings. The molecule has 36 heavy (non-hydrogen) atoms. The molecule has 2 heterocycles. The lowest BCUT2D eigenvalue weighted by atomic mass is 9.97. The van der Waals surface area contributed by atoms with Crippen LogP contribution in [0.4, 0.5) is 10.1 Å². The van der Waals surface area contributed by atoms with Gasteiger partial charge in [0.2, 0.25) is 0 Å². The molecule has 0 N–H and O–H groups in total. The topological polar surface area (TPSA) is 48.4 Å². The van der Waals surface area contributed by atoms with E-state index in [4.69, 9.17) is 9.84 Å². The Labute approximate surface area is 211 Å². The second-order valence-electron chi connectivity index (χ2n) is 9.33. The molecule has 0 aliphatic carbocycles. The van der Waals surface area contributed by atoms with Crippen molar-refractivity contribution >= 4 is 17.3 Å². The van der Waals surface area contributed by atoms with Gasteiger partial charge in [-0.3, -0.25) is 9.69 Å². The summed E-state index contributed by atoms with van der Waals surface area (Å²) in [7, 11) is 1.65. The summed E-state index contributed by atoms with van der Waals surface area (Å²) in [6.07, 6.45) is 0.621. The Morgan fingerprint density at radius 3 is 2.39 bits per heavy atom. The second-order valence-corrected chi connectivity index (χ2v) is 9.33. The van der Waals surface area contributed by atoms with Crippen LogP contribution >= 0.6 is 0 Å². The molecule has 1 unspecified atom stereocenters. The minimum atomic E-state index is -0.210. The second kappa shape index (κ2) is 10.5. The third kappa shape index (κ3) is 4.97. The molecule has 7 heteroatoms. The number of piperazine rings is 1. The summed E-state index contributed by atoms with van der Waals surface area (Å²) in [6, 6.07) is 22.8. The first kappa shape index (κ1) is 24.0. The van der Waals surface area contributed by atoms with Crippen molar-refractivity contribution < 1.29 is 13.9 Å². The van der Waals surface area contributed by atoms with Gasteiger partial charge in [-0.1, -0.05) is 54.1 Å². The van der Waals surface area contributed by atoms with Gasteiger partial charge in [0.05, 0.1) is 31.1 Å². The van der Waals surface area contributed by atoms with Gasteiger partial charge >= 0.3 is 0 Å². The van der Waals surface area contributed by atoms with Crippen molar-refractivity contribution in [1.29, 1.82) is 0 Å². The number of hydrazone groups is 1. The van der Waals surface area contributed by atoms with Gasteiger partial charge in [-0.05, 0) is 36.8 Å². The molecule has 3 aromatic rings. The molecule has 2 aliphatic heterocycles. The molecule has 0 bridgehead atoms. The minimum absolute atomic E-state index is 0.0372. The number of para-hydroxylation sites is 2. The Bertz CT molecular complexity index is 1250. The van der Waals surface area contributed by atoms with Gasteiger partial charge < -0.3 is 9.64 Å². The average molecular weight is 487 g/mol. The Morgan fingerprint density at radius 1 is 0.972 bits per heavy atom. The van der Waals surface area contributed by atoms with Crippen LogP contribution in [0.2, 0.25) is 0 Å². The van der Waals surface area contributed by atoms with Gasteiger partial charge in [-0.2, -0.15) is 5.10 Å². The molecule has 5 rings (SSSR count). The highest BCUT2D eigenvalue weighted by Gasteiger charge is 2.35. The summed E-state index contributed by atoms with van der Waals surface area (Å²) >= 11 is 0. The Balaban J connectivity index is 1.33. The highest BCUT2D eigenvalue weighted by Crippen LogP contribution is 2.35. The SMILES string of the molecule is COc1ccccc1C1=NN(C(=O)CN2CCN(c3ccccc3F)CC2)C(c2ccc(C)cc2)C1. The molecule has 0 saturated carbocycles. The van der Waals surface area contributed by atoms with E-state index in [2.05, 4.69) is 36.1 Å². The number of hydrogen-bond donors (Lipinski definition) is 0. The quantitative estimate of drug-likeness (QED) is 0.509. The van der Waals surface area contributed by atoms with E-state index in [0.717, 1.165) is 22.6 Å². The van der Waals surface area contributed by atoms with Crippen molar-refractivity contribution in [2.75, 3.05) is 44.7 Å². The van der Waals surface area contributed by atoms with Crippen LogP contribution < -0.4 is 9.64 Å². The summed E-state index contributed by atoms with van der Waals surface area (Å²) in [5, 5.41) is 6.47. The number of carbonyl (C=O) groups excluding carboxylic acids is 1. The van der Waals surface area contributed by atoms with E-state index in [1.165, 1.54) is 11.6 Å². The van der Waals surface area contributed by atoms with Crippen LogP contribution in [0.15, 0.2) is 77.9 Å². The van der Waals surface area contributed by atoms with Crippen LogP contribution in [0.3, 0.4) is 0 Å². The van der Waals surface area contributed by atoms with E-state index in [-0.39, 0.29) is 24.3 Å². The number of anilines is 1. The smallest absolute Gasteiger partial charge is 0.257 e. The predicted molar refractivity (Wildman–Crippen MR) is 140 cm³/mol. The lowest BCUT2D eigenvalue weighted by molar-refractivity contribution is -0.134. The predicted octanol–water partition coefficient (Wildman–Crippen LogP) is 4.64. The largest absolute Gasteiger partial charge is 0.496 e. The van der Waals surface area contributed by atoms with Crippen molar-refractivity contribution in [2.24, 2.45) is 5.10 Å². The fourth-order valence-corrected chi connectivity index (χ4v) is 4.95. The molecule has 1 amide bonds. The molecule has 186 valence electrons. The molecule has 0 radical (unpaired) electrons. The molecule has 0 spiro atoms. The fourth-order valence-electron chi connectivity index (χ4n) is 4.95.